The largest absolute Gasteiger partial charge is 0.463 e. The van der Waals surface area contributed by atoms with E-state index in [1.807, 2.05) is 0 Å². The Morgan fingerprint density at radius 1 is 1.17 bits per heavy atom. The van der Waals surface area contributed by atoms with Gasteiger partial charge in [-0.1, -0.05) is 0 Å². The molecule has 4 aliphatic heterocycles. The molecule has 10 heteroatoms. The molecule has 4 fully saturated rings. The molecule has 4 heterocycles. The van der Waals surface area contributed by atoms with Crippen molar-refractivity contribution >= 4 is 29.7 Å². The number of esters is 2. The third-order valence-electron chi connectivity index (χ3n) is 6.08. The maximum Gasteiger partial charge on any atom is 0.349 e. The minimum absolute atomic E-state index is 0.0327. The first-order valence-electron chi connectivity index (χ1n) is 9.68. The van der Waals surface area contributed by atoms with Crippen LogP contribution < -0.4 is 0 Å². The summed E-state index contributed by atoms with van der Waals surface area (Å²) in [6.45, 7) is 6.64. The molecule has 0 saturated carbocycles. The predicted octanol–water partition coefficient (Wildman–Crippen LogP) is -0.408. The Bertz CT molecular complexity index is 848. The number of piperidine rings is 1. The summed E-state index contributed by atoms with van der Waals surface area (Å²) in [6.07, 6.45) is 0.339. The number of nitrogens with zero attached hydrogens (tertiary/aromatic N) is 2. The minimum atomic E-state index is -2.25. The topological polar surface area (TPSA) is 120 Å². The highest BCUT2D eigenvalue weighted by Crippen LogP contribution is 2.64. The van der Waals surface area contributed by atoms with Crippen LogP contribution in [-0.4, -0.2) is 76.1 Å². The Morgan fingerprint density at radius 2 is 1.79 bits per heavy atom. The van der Waals surface area contributed by atoms with E-state index in [2.05, 4.69) is 0 Å². The van der Waals surface area contributed by atoms with Gasteiger partial charge >= 0.3 is 11.9 Å². The number of ether oxygens (including phenoxy) is 3. The minimum Gasteiger partial charge on any atom is -0.463 e. The first-order valence-corrected chi connectivity index (χ1v) is 9.68. The highest BCUT2D eigenvalue weighted by molar-refractivity contribution is 6.20. The van der Waals surface area contributed by atoms with Crippen LogP contribution in [0, 0.1) is 11.8 Å². The Hall–Kier alpha value is -2.49. The summed E-state index contributed by atoms with van der Waals surface area (Å²) in [5, 5.41) is 0. The molecule has 10 nitrogen and oxygen atoms in total. The molecule has 0 aliphatic carbocycles. The van der Waals surface area contributed by atoms with Crippen LogP contribution in [0.15, 0.2) is 0 Å². The zero-order valence-electron chi connectivity index (χ0n) is 17.0. The summed E-state index contributed by atoms with van der Waals surface area (Å²) in [4.78, 5) is 66.9. The summed E-state index contributed by atoms with van der Waals surface area (Å²) in [7, 11) is 1.31. The first kappa shape index (κ1) is 19.8. The number of carbonyl (C=O) groups excluding carboxylic acids is 5. The lowest BCUT2D eigenvalue weighted by molar-refractivity contribution is -0.179. The highest BCUT2D eigenvalue weighted by Gasteiger charge is 2.87. The quantitative estimate of drug-likeness (QED) is 0.351. The molecule has 0 aromatic heterocycles. The summed E-state index contributed by atoms with van der Waals surface area (Å²) in [5.41, 5.74) is -4.57. The number of hydrogen-bond acceptors (Lipinski definition) is 8. The lowest BCUT2D eigenvalue weighted by Gasteiger charge is -2.38. The van der Waals surface area contributed by atoms with Crippen LogP contribution in [0.4, 0.5) is 0 Å². The maximum atomic E-state index is 13.5. The molecular formula is C19H24N2O8. The van der Waals surface area contributed by atoms with Gasteiger partial charge < -0.3 is 14.2 Å². The molecular weight excluding hydrogens is 384 g/mol. The summed E-state index contributed by atoms with van der Waals surface area (Å²) in [5.74, 6) is -6.01. The molecule has 0 unspecified atom stereocenters. The van der Waals surface area contributed by atoms with Crippen molar-refractivity contribution < 1.29 is 38.2 Å². The van der Waals surface area contributed by atoms with Gasteiger partial charge in [0.15, 0.2) is 5.72 Å². The second kappa shape index (κ2) is 5.78. The van der Waals surface area contributed by atoms with Crippen molar-refractivity contribution in [2.24, 2.45) is 11.8 Å². The van der Waals surface area contributed by atoms with Crippen LogP contribution in [0.5, 0.6) is 0 Å². The smallest absolute Gasteiger partial charge is 0.349 e. The van der Waals surface area contributed by atoms with Crippen molar-refractivity contribution in [3.05, 3.63) is 0 Å². The molecule has 0 aromatic carbocycles. The number of imide groups is 1. The van der Waals surface area contributed by atoms with Gasteiger partial charge in [0, 0.05) is 7.05 Å². The second-order valence-electron chi connectivity index (χ2n) is 8.86. The maximum absolute atomic E-state index is 13.5. The van der Waals surface area contributed by atoms with Crippen molar-refractivity contribution in [3.8, 4) is 0 Å². The van der Waals surface area contributed by atoms with Crippen LogP contribution in [0.25, 0.3) is 0 Å². The van der Waals surface area contributed by atoms with E-state index >= 15 is 0 Å². The molecule has 0 N–H and O–H groups in total. The Balaban J connectivity index is 1.81. The molecule has 158 valence electrons. The van der Waals surface area contributed by atoms with Gasteiger partial charge in [-0.3, -0.25) is 24.2 Å². The molecule has 3 amide bonds. The molecule has 4 saturated heterocycles. The molecule has 1 spiro atoms. The molecule has 5 atom stereocenters. The lowest BCUT2D eigenvalue weighted by Crippen LogP contribution is -2.63. The van der Waals surface area contributed by atoms with Crippen molar-refractivity contribution in [1.29, 1.82) is 0 Å². The Morgan fingerprint density at radius 3 is 2.38 bits per heavy atom. The second-order valence-corrected chi connectivity index (χ2v) is 8.86. The van der Waals surface area contributed by atoms with E-state index in [1.165, 1.54) is 7.05 Å². The van der Waals surface area contributed by atoms with Crippen LogP contribution in [0.2, 0.25) is 0 Å². The van der Waals surface area contributed by atoms with Crippen LogP contribution in [-0.2, 0) is 38.2 Å². The van der Waals surface area contributed by atoms with Crippen molar-refractivity contribution in [2.45, 2.75) is 63.5 Å². The van der Waals surface area contributed by atoms with Gasteiger partial charge in [-0.15, -0.1) is 0 Å². The first-order chi connectivity index (χ1) is 13.4. The van der Waals surface area contributed by atoms with Crippen molar-refractivity contribution in [1.82, 2.24) is 9.80 Å². The van der Waals surface area contributed by atoms with Gasteiger partial charge in [0.05, 0.1) is 6.61 Å². The molecule has 29 heavy (non-hydrogen) atoms. The standard InChI is InChI=1S/C19H24N2O8/c1-6-27-16(26)19-11-10(12(22)20(5)13(11)23)18(29-19)8-7-9(21(18)15(19)25)14(24)28-17(2,3)4/h9-11H,6-8H2,1-5H3/t9-,10+,11-,18-,19+/m1/s1. The Labute approximate surface area is 167 Å². The fraction of sp³-hybridized carbons (Fsp3) is 0.737. The third kappa shape index (κ3) is 2.23. The summed E-state index contributed by atoms with van der Waals surface area (Å²) < 4.78 is 16.5. The number of fused-ring (bicyclic) bond motifs is 3. The number of likely N-dealkylation sites (tertiary alicyclic amines) is 1. The van der Waals surface area contributed by atoms with Gasteiger partial charge in [0.1, 0.15) is 23.5 Å². The van der Waals surface area contributed by atoms with Gasteiger partial charge in [0.25, 0.3) is 11.5 Å². The van der Waals surface area contributed by atoms with Gasteiger partial charge in [-0.25, -0.2) is 9.59 Å². The lowest BCUT2D eigenvalue weighted by atomic mass is 9.74. The monoisotopic (exact) mass is 408 g/mol. The summed E-state index contributed by atoms with van der Waals surface area (Å²) >= 11 is 0. The van der Waals surface area contributed by atoms with E-state index in [1.54, 1.807) is 27.7 Å². The van der Waals surface area contributed by atoms with E-state index < -0.39 is 64.5 Å². The number of carbonyl (C=O) groups is 5. The van der Waals surface area contributed by atoms with E-state index in [-0.39, 0.29) is 19.4 Å². The zero-order valence-corrected chi connectivity index (χ0v) is 17.0. The van der Waals surface area contributed by atoms with Gasteiger partial charge in [0.2, 0.25) is 11.8 Å². The van der Waals surface area contributed by atoms with E-state index in [9.17, 15) is 24.0 Å². The molecule has 4 aliphatic rings. The van der Waals surface area contributed by atoms with Gasteiger partial charge in [-0.05, 0) is 40.5 Å². The van der Waals surface area contributed by atoms with E-state index in [4.69, 9.17) is 14.2 Å². The van der Waals surface area contributed by atoms with E-state index in [0.717, 1.165) is 9.80 Å². The number of amides is 3. The fourth-order valence-electron chi connectivity index (χ4n) is 5.10. The summed E-state index contributed by atoms with van der Waals surface area (Å²) in [6, 6.07) is -1.01. The predicted molar refractivity (Wildman–Crippen MR) is 93.7 cm³/mol. The van der Waals surface area contributed by atoms with Crippen LogP contribution in [0.1, 0.15) is 40.5 Å². The average Bonchev–Trinajstić information content (AvgIpc) is 3.28. The Kier molecular flexibility index (Phi) is 3.95. The van der Waals surface area contributed by atoms with Gasteiger partial charge in [-0.2, -0.15) is 0 Å². The van der Waals surface area contributed by atoms with Crippen LogP contribution >= 0.6 is 0 Å². The number of rotatable bonds is 3. The molecule has 2 bridgehead atoms. The SMILES string of the molecule is CCOC(=O)[C@@]12O[C@]3(CC[C@H](C(=O)OC(C)(C)C)N3C1=O)[C@@H]1C(=O)N(C)C(=O)[C@@H]12. The number of hydrogen-bond donors (Lipinski definition) is 0. The van der Waals surface area contributed by atoms with Crippen LogP contribution in [0.3, 0.4) is 0 Å². The molecule has 0 aromatic rings. The molecule has 0 radical (unpaired) electrons. The zero-order chi connectivity index (χ0) is 21.5. The highest BCUT2D eigenvalue weighted by atomic mass is 16.6. The van der Waals surface area contributed by atoms with Crippen molar-refractivity contribution in [3.63, 3.8) is 0 Å². The normalized spacial score (nSPS) is 37.8. The fourth-order valence-corrected chi connectivity index (χ4v) is 5.10. The van der Waals surface area contributed by atoms with Crippen molar-refractivity contribution in [2.75, 3.05) is 13.7 Å². The average molecular weight is 408 g/mol. The third-order valence-corrected chi connectivity index (χ3v) is 6.08. The molecule has 4 rings (SSSR count). The van der Waals surface area contributed by atoms with E-state index in [0.29, 0.717) is 0 Å².